The van der Waals surface area contributed by atoms with E-state index in [-0.39, 0.29) is 17.2 Å². The van der Waals surface area contributed by atoms with Crippen LogP contribution in [0.5, 0.6) is 0 Å². The summed E-state index contributed by atoms with van der Waals surface area (Å²) in [7, 11) is 0. The minimum absolute atomic E-state index is 0.0937. The first-order valence-electron chi connectivity index (χ1n) is 6.57. The number of amides is 1. The molecule has 1 aliphatic carbocycles. The fourth-order valence-electron chi connectivity index (χ4n) is 2.93. The van der Waals surface area contributed by atoms with Gasteiger partial charge in [-0.1, -0.05) is 5.16 Å². The lowest BCUT2D eigenvalue weighted by molar-refractivity contribution is -0.118. The van der Waals surface area contributed by atoms with Crippen LogP contribution in [0.25, 0.3) is 0 Å². The fraction of sp³-hybridized carbons (Fsp3) is 0.692. The number of hydrogen-bond acceptors (Lipinski definition) is 4. The van der Waals surface area contributed by atoms with Crippen LogP contribution in [0.1, 0.15) is 30.5 Å². The molecular weight excluding hydrogens is 230 g/mol. The third-order valence-electron chi connectivity index (χ3n) is 4.50. The number of aryl methyl sites for hydroxylation is 1. The van der Waals surface area contributed by atoms with Crippen LogP contribution in [-0.4, -0.2) is 24.2 Å². The van der Waals surface area contributed by atoms with Crippen molar-refractivity contribution >= 4 is 11.8 Å². The summed E-state index contributed by atoms with van der Waals surface area (Å²) in [6.07, 6.45) is 3.24. The Kier molecular flexibility index (Phi) is 2.66. The molecule has 98 valence electrons. The van der Waals surface area contributed by atoms with Crippen molar-refractivity contribution in [1.29, 1.82) is 0 Å². The third-order valence-corrected chi connectivity index (χ3v) is 4.50. The molecule has 0 bridgehead atoms. The SMILES string of the molecule is Cc1noc(NC(=O)C2CC23CCNCC3)c1C. The number of carbonyl (C=O) groups is 1. The van der Waals surface area contributed by atoms with Crippen molar-refractivity contribution in [2.45, 2.75) is 33.1 Å². The number of nitrogens with one attached hydrogen (secondary N) is 2. The molecule has 1 aromatic rings. The summed E-state index contributed by atoms with van der Waals surface area (Å²) in [4.78, 5) is 12.2. The van der Waals surface area contributed by atoms with Crippen LogP contribution in [0.2, 0.25) is 0 Å². The molecule has 2 N–H and O–H groups in total. The summed E-state index contributed by atoms with van der Waals surface area (Å²) in [5.74, 6) is 0.758. The van der Waals surface area contributed by atoms with Gasteiger partial charge in [-0.15, -0.1) is 0 Å². The van der Waals surface area contributed by atoms with E-state index in [0.29, 0.717) is 5.88 Å². The van der Waals surface area contributed by atoms with E-state index in [9.17, 15) is 4.79 Å². The Hall–Kier alpha value is -1.36. The Morgan fingerprint density at radius 2 is 2.17 bits per heavy atom. The number of carbonyl (C=O) groups excluding carboxylic acids is 1. The molecule has 3 rings (SSSR count). The highest BCUT2D eigenvalue weighted by atomic mass is 16.5. The molecule has 1 spiro atoms. The van der Waals surface area contributed by atoms with E-state index in [1.807, 2.05) is 13.8 Å². The highest BCUT2D eigenvalue weighted by molar-refractivity contribution is 5.94. The van der Waals surface area contributed by atoms with Crippen LogP contribution in [0.15, 0.2) is 4.52 Å². The summed E-state index contributed by atoms with van der Waals surface area (Å²) >= 11 is 0. The second-order valence-corrected chi connectivity index (χ2v) is 5.58. The summed E-state index contributed by atoms with van der Waals surface area (Å²) in [6, 6.07) is 0. The van der Waals surface area contributed by atoms with E-state index < -0.39 is 0 Å². The highest BCUT2D eigenvalue weighted by Crippen LogP contribution is 2.58. The average Bonchev–Trinajstić information content (AvgIpc) is 2.98. The van der Waals surface area contributed by atoms with Gasteiger partial charge in [0.25, 0.3) is 0 Å². The zero-order valence-electron chi connectivity index (χ0n) is 10.9. The molecule has 2 heterocycles. The molecule has 1 unspecified atom stereocenters. The summed E-state index contributed by atoms with van der Waals surface area (Å²) < 4.78 is 5.13. The molecular formula is C13H19N3O2. The monoisotopic (exact) mass is 249 g/mol. The van der Waals surface area contributed by atoms with Crippen molar-refractivity contribution in [2.24, 2.45) is 11.3 Å². The number of aromatic nitrogens is 1. The van der Waals surface area contributed by atoms with E-state index in [2.05, 4.69) is 15.8 Å². The summed E-state index contributed by atoms with van der Waals surface area (Å²) in [6.45, 7) is 5.85. The van der Waals surface area contributed by atoms with Gasteiger partial charge in [-0.3, -0.25) is 10.1 Å². The lowest BCUT2D eigenvalue weighted by Crippen LogP contribution is -2.31. The number of rotatable bonds is 2. The first-order valence-corrected chi connectivity index (χ1v) is 6.57. The fourth-order valence-corrected chi connectivity index (χ4v) is 2.93. The lowest BCUT2D eigenvalue weighted by atomic mass is 9.92. The number of piperidine rings is 1. The van der Waals surface area contributed by atoms with Crippen molar-refractivity contribution in [3.63, 3.8) is 0 Å². The zero-order valence-corrected chi connectivity index (χ0v) is 10.9. The third kappa shape index (κ3) is 1.82. The molecule has 2 fully saturated rings. The topological polar surface area (TPSA) is 67.2 Å². The maximum Gasteiger partial charge on any atom is 0.234 e. The van der Waals surface area contributed by atoms with Gasteiger partial charge in [-0.05, 0) is 51.6 Å². The molecule has 5 heteroatoms. The van der Waals surface area contributed by atoms with E-state index in [4.69, 9.17) is 4.52 Å². The highest BCUT2D eigenvalue weighted by Gasteiger charge is 2.57. The number of hydrogen-bond donors (Lipinski definition) is 2. The molecule has 0 radical (unpaired) electrons. The number of nitrogens with zero attached hydrogens (tertiary/aromatic N) is 1. The maximum atomic E-state index is 12.2. The van der Waals surface area contributed by atoms with Gasteiger partial charge in [-0.2, -0.15) is 0 Å². The summed E-state index contributed by atoms with van der Waals surface area (Å²) in [5.41, 5.74) is 2.01. The van der Waals surface area contributed by atoms with Crippen LogP contribution in [0.3, 0.4) is 0 Å². The van der Waals surface area contributed by atoms with Gasteiger partial charge in [0.05, 0.1) is 5.69 Å². The average molecular weight is 249 g/mol. The summed E-state index contributed by atoms with van der Waals surface area (Å²) in [5, 5.41) is 10.1. The van der Waals surface area contributed by atoms with Crippen molar-refractivity contribution in [3.8, 4) is 0 Å². The molecule has 18 heavy (non-hydrogen) atoms. The van der Waals surface area contributed by atoms with Crippen molar-refractivity contribution in [2.75, 3.05) is 18.4 Å². The van der Waals surface area contributed by atoms with Crippen molar-refractivity contribution < 1.29 is 9.32 Å². The normalized spacial score (nSPS) is 25.1. The first-order chi connectivity index (χ1) is 8.62. The minimum Gasteiger partial charge on any atom is -0.338 e. The lowest BCUT2D eigenvalue weighted by Gasteiger charge is -2.23. The van der Waals surface area contributed by atoms with Crippen LogP contribution in [-0.2, 0) is 4.79 Å². The van der Waals surface area contributed by atoms with Crippen LogP contribution >= 0.6 is 0 Å². The second-order valence-electron chi connectivity index (χ2n) is 5.58. The van der Waals surface area contributed by atoms with Gasteiger partial charge in [0.2, 0.25) is 11.8 Å². The molecule has 0 aromatic carbocycles. The van der Waals surface area contributed by atoms with Crippen LogP contribution in [0.4, 0.5) is 5.88 Å². The zero-order chi connectivity index (χ0) is 12.8. The Labute approximate surface area is 106 Å². The predicted molar refractivity (Wildman–Crippen MR) is 67.3 cm³/mol. The van der Waals surface area contributed by atoms with Crippen molar-refractivity contribution in [1.82, 2.24) is 10.5 Å². The van der Waals surface area contributed by atoms with E-state index in [1.165, 1.54) is 0 Å². The largest absolute Gasteiger partial charge is 0.338 e. The van der Waals surface area contributed by atoms with Gasteiger partial charge in [0.1, 0.15) is 0 Å². The quantitative estimate of drug-likeness (QED) is 0.835. The van der Waals surface area contributed by atoms with Gasteiger partial charge in [0, 0.05) is 11.5 Å². The number of anilines is 1. The van der Waals surface area contributed by atoms with E-state index in [1.54, 1.807) is 0 Å². The minimum atomic E-state index is 0.0937. The van der Waals surface area contributed by atoms with Crippen molar-refractivity contribution in [3.05, 3.63) is 11.3 Å². The standard InChI is InChI=1S/C13H19N3O2/c1-8-9(2)16-18-12(8)15-11(17)10-7-13(10)3-5-14-6-4-13/h10,14H,3-7H2,1-2H3,(H,15,17). The van der Waals surface area contributed by atoms with Gasteiger partial charge < -0.3 is 9.84 Å². The molecule has 1 amide bonds. The van der Waals surface area contributed by atoms with Gasteiger partial charge in [0.15, 0.2) is 0 Å². The second kappa shape index (κ2) is 4.09. The van der Waals surface area contributed by atoms with Gasteiger partial charge >= 0.3 is 0 Å². The smallest absolute Gasteiger partial charge is 0.234 e. The molecule has 1 saturated carbocycles. The van der Waals surface area contributed by atoms with Crippen LogP contribution in [0, 0.1) is 25.2 Å². The molecule has 2 aliphatic rings. The Balaban J connectivity index is 1.65. The Morgan fingerprint density at radius 1 is 1.44 bits per heavy atom. The first kappa shape index (κ1) is 11.7. The Morgan fingerprint density at radius 3 is 2.78 bits per heavy atom. The van der Waals surface area contributed by atoms with E-state index >= 15 is 0 Å². The Bertz CT molecular complexity index is 475. The maximum absolute atomic E-state index is 12.2. The molecule has 1 atom stereocenters. The molecule has 1 saturated heterocycles. The van der Waals surface area contributed by atoms with E-state index in [0.717, 1.165) is 43.6 Å². The molecule has 1 aliphatic heterocycles. The van der Waals surface area contributed by atoms with Gasteiger partial charge in [-0.25, -0.2) is 0 Å². The molecule has 5 nitrogen and oxygen atoms in total. The predicted octanol–water partition coefficient (Wildman–Crippen LogP) is 1.62. The van der Waals surface area contributed by atoms with Crippen LogP contribution < -0.4 is 10.6 Å². The molecule has 1 aromatic heterocycles.